The Morgan fingerprint density at radius 1 is 0.545 bits per heavy atom. The first-order chi connectivity index (χ1) is 10.6. The summed E-state index contributed by atoms with van der Waals surface area (Å²) < 4.78 is 0. The van der Waals surface area contributed by atoms with Gasteiger partial charge in [-0.25, -0.2) is 0 Å². The molecule has 0 atom stereocenters. The lowest BCUT2D eigenvalue weighted by atomic mass is 10.1. The van der Waals surface area contributed by atoms with Gasteiger partial charge in [-0.3, -0.25) is 9.59 Å². The Morgan fingerprint density at radius 2 is 0.955 bits per heavy atom. The van der Waals surface area contributed by atoms with Crippen molar-refractivity contribution in [1.82, 2.24) is 0 Å². The Kier molecular flexibility index (Phi) is 15.1. The quantitative estimate of drug-likeness (QED) is 0.304. The predicted octanol–water partition coefficient (Wildman–Crippen LogP) is 5.17. The van der Waals surface area contributed by atoms with E-state index in [9.17, 15) is 9.59 Å². The fourth-order valence-electron chi connectivity index (χ4n) is 2.40. The fourth-order valence-corrected chi connectivity index (χ4v) is 2.40. The van der Waals surface area contributed by atoms with Gasteiger partial charge in [-0.2, -0.15) is 0 Å². The van der Waals surface area contributed by atoms with Crippen molar-refractivity contribution in [1.29, 1.82) is 0 Å². The van der Waals surface area contributed by atoms with Crippen LogP contribution in [0.1, 0.15) is 89.9 Å². The van der Waals surface area contributed by atoms with Crippen molar-refractivity contribution in [3.05, 3.63) is 12.2 Å². The average molecular weight is 312 g/mol. The Morgan fingerprint density at radius 3 is 1.45 bits per heavy atom. The Hall–Kier alpha value is -1.32. The topological polar surface area (TPSA) is 74.6 Å². The summed E-state index contributed by atoms with van der Waals surface area (Å²) in [5, 5.41) is 17.0. The molecule has 0 bridgehead atoms. The largest absolute Gasteiger partial charge is 0.481 e. The molecule has 0 heterocycles. The van der Waals surface area contributed by atoms with Crippen molar-refractivity contribution in [3.63, 3.8) is 0 Å². The van der Waals surface area contributed by atoms with Crippen LogP contribution in [0.2, 0.25) is 0 Å². The number of hydrogen-bond donors (Lipinski definition) is 2. The maximum Gasteiger partial charge on any atom is 0.303 e. The van der Waals surface area contributed by atoms with Crippen LogP contribution in [0, 0.1) is 0 Å². The molecule has 0 aliphatic heterocycles. The number of rotatable bonds is 16. The molecule has 128 valence electrons. The van der Waals surface area contributed by atoms with Gasteiger partial charge in [-0.05, 0) is 25.7 Å². The van der Waals surface area contributed by atoms with E-state index in [-0.39, 0.29) is 6.42 Å². The van der Waals surface area contributed by atoms with Crippen molar-refractivity contribution in [2.24, 2.45) is 0 Å². The van der Waals surface area contributed by atoms with Crippen LogP contribution in [0.15, 0.2) is 12.2 Å². The third-order valence-corrected chi connectivity index (χ3v) is 3.70. The number of carboxylic acid groups (broad SMARTS) is 2. The number of allylic oxidation sites excluding steroid dienone is 2. The maximum absolute atomic E-state index is 10.3. The molecule has 0 fully saturated rings. The number of unbranched alkanes of at least 4 members (excludes halogenated alkanes) is 10. The highest BCUT2D eigenvalue weighted by molar-refractivity contribution is 5.66. The Bertz CT molecular complexity index is 310. The smallest absolute Gasteiger partial charge is 0.303 e. The molecule has 0 aliphatic carbocycles. The van der Waals surface area contributed by atoms with E-state index in [1.807, 2.05) is 6.08 Å². The van der Waals surface area contributed by atoms with E-state index in [4.69, 9.17) is 10.2 Å². The maximum atomic E-state index is 10.3. The zero-order chi connectivity index (χ0) is 16.5. The highest BCUT2D eigenvalue weighted by Gasteiger charge is 1.96. The molecule has 0 aromatic carbocycles. The van der Waals surface area contributed by atoms with Gasteiger partial charge in [0, 0.05) is 12.8 Å². The second-order valence-electron chi connectivity index (χ2n) is 5.87. The lowest BCUT2D eigenvalue weighted by Crippen LogP contribution is -1.93. The minimum atomic E-state index is -0.730. The van der Waals surface area contributed by atoms with Gasteiger partial charge in [0.1, 0.15) is 0 Å². The predicted molar refractivity (Wildman–Crippen MR) is 89.0 cm³/mol. The van der Waals surface area contributed by atoms with Gasteiger partial charge >= 0.3 is 11.9 Å². The molecule has 2 N–H and O–H groups in total. The standard InChI is InChI=1S/C18H32O4/c19-17(20)15-13-11-9-7-5-3-1-2-4-6-8-10-12-14-16-18(21)22/h9,11H,1-8,10,12-16H2,(H,19,20)(H,21,22)/b11-9+. The lowest BCUT2D eigenvalue weighted by Gasteiger charge is -2.01. The summed E-state index contributed by atoms with van der Waals surface area (Å²) in [6.45, 7) is 0. The Balaban J connectivity index is 3.08. The molecule has 0 amide bonds. The van der Waals surface area contributed by atoms with Gasteiger partial charge in [0.25, 0.3) is 0 Å². The summed E-state index contributed by atoms with van der Waals surface area (Å²) >= 11 is 0. The molecular formula is C18H32O4. The van der Waals surface area contributed by atoms with Crippen molar-refractivity contribution in [2.45, 2.75) is 89.9 Å². The molecule has 0 unspecified atom stereocenters. The first-order valence-corrected chi connectivity index (χ1v) is 8.71. The van der Waals surface area contributed by atoms with Crippen molar-refractivity contribution in [2.75, 3.05) is 0 Å². The number of carboxylic acids is 2. The molecule has 0 aromatic rings. The molecule has 0 aliphatic rings. The summed E-state index contributed by atoms with van der Waals surface area (Å²) in [7, 11) is 0. The summed E-state index contributed by atoms with van der Waals surface area (Å²) in [4.78, 5) is 20.6. The molecular weight excluding hydrogens is 280 g/mol. The first kappa shape index (κ1) is 20.7. The van der Waals surface area contributed by atoms with E-state index in [0.29, 0.717) is 12.8 Å². The third-order valence-electron chi connectivity index (χ3n) is 3.70. The first-order valence-electron chi connectivity index (χ1n) is 8.71. The van der Waals surface area contributed by atoms with Gasteiger partial charge in [0.2, 0.25) is 0 Å². The van der Waals surface area contributed by atoms with E-state index in [1.54, 1.807) is 0 Å². The van der Waals surface area contributed by atoms with E-state index in [2.05, 4.69) is 6.08 Å². The van der Waals surface area contributed by atoms with E-state index in [0.717, 1.165) is 25.7 Å². The molecule has 4 heteroatoms. The molecule has 22 heavy (non-hydrogen) atoms. The molecule has 0 radical (unpaired) electrons. The minimum absolute atomic E-state index is 0.229. The van der Waals surface area contributed by atoms with Crippen LogP contribution in [-0.4, -0.2) is 22.2 Å². The number of hydrogen-bond acceptors (Lipinski definition) is 2. The molecule has 0 rings (SSSR count). The molecule has 0 aromatic heterocycles. The molecule has 0 spiro atoms. The van der Waals surface area contributed by atoms with E-state index >= 15 is 0 Å². The van der Waals surface area contributed by atoms with Crippen LogP contribution in [0.4, 0.5) is 0 Å². The van der Waals surface area contributed by atoms with E-state index < -0.39 is 11.9 Å². The minimum Gasteiger partial charge on any atom is -0.481 e. The van der Waals surface area contributed by atoms with Crippen LogP contribution in [0.25, 0.3) is 0 Å². The van der Waals surface area contributed by atoms with Crippen LogP contribution in [-0.2, 0) is 9.59 Å². The van der Waals surface area contributed by atoms with Gasteiger partial charge in [-0.1, -0.05) is 63.5 Å². The highest BCUT2D eigenvalue weighted by atomic mass is 16.4. The summed E-state index contributed by atoms with van der Waals surface area (Å²) in [6, 6.07) is 0. The summed E-state index contributed by atoms with van der Waals surface area (Å²) in [6.07, 6.45) is 18.1. The third kappa shape index (κ3) is 18.7. The van der Waals surface area contributed by atoms with Crippen LogP contribution in [0.3, 0.4) is 0 Å². The monoisotopic (exact) mass is 312 g/mol. The number of aliphatic carboxylic acids is 2. The second kappa shape index (κ2) is 16.1. The molecule has 0 saturated heterocycles. The van der Waals surface area contributed by atoms with Gasteiger partial charge in [0.15, 0.2) is 0 Å². The Labute approximate surface area is 134 Å². The summed E-state index contributed by atoms with van der Waals surface area (Å²) in [5.41, 5.74) is 0. The van der Waals surface area contributed by atoms with E-state index in [1.165, 1.54) is 44.9 Å². The van der Waals surface area contributed by atoms with Gasteiger partial charge < -0.3 is 10.2 Å². The van der Waals surface area contributed by atoms with Crippen molar-refractivity contribution < 1.29 is 19.8 Å². The van der Waals surface area contributed by atoms with Gasteiger partial charge in [0.05, 0.1) is 0 Å². The molecule has 0 saturated carbocycles. The van der Waals surface area contributed by atoms with Crippen LogP contribution < -0.4 is 0 Å². The average Bonchev–Trinajstić information content (AvgIpc) is 2.46. The number of carbonyl (C=O) groups is 2. The summed E-state index contributed by atoms with van der Waals surface area (Å²) in [5.74, 6) is -1.41. The fraction of sp³-hybridized carbons (Fsp3) is 0.778. The lowest BCUT2D eigenvalue weighted by molar-refractivity contribution is -0.138. The molecule has 4 nitrogen and oxygen atoms in total. The zero-order valence-corrected chi connectivity index (χ0v) is 13.8. The van der Waals surface area contributed by atoms with Crippen LogP contribution >= 0.6 is 0 Å². The normalized spacial score (nSPS) is 11.1. The van der Waals surface area contributed by atoms with Crippen LogP contribution in [0.5, 0.6) is 0 Å². The SMILES string of the molecule is O=C(O)CC/C=C/CCCCCCCCCCCCC(=O)O. The van der Waals surface area contributed by atoms with Gasteiger partial charge in [-0.15, -0.1) is 0 Å². The second-order valence-corrected chi connectivity index (χ2v) is 5.87. The highest BCUT2D eigenvalue weighted by Crippen LogP contribution is 2.12. The van der Waals surface area contributed by atoms with Crippen molar-refractivity contribution in [3.8, 4) is 0 Å². The zero-order valence-electron chi connectivity index (χ0n) is 13.8. The van der Waals surface area contributed by atoms with Crippen molar-refractivity contribution >= 4 is 11.9 Å².